The zero-order valence-electron chi connectivity index (χ0n) is 11.1. The zero-order valence-corrected chi connectivity index (χ0v) is 11.9. The molecule has 1 aliphatic carbocycles. The molecule has 0 aliphatic heterocycles. The number of sulfone groups is 1. The summed E-state index contributed by atoms with van der Waals surface area (Å²) in [7, 11) is -3.18. The summed E-state index contributed by atoms with van der Waals surface area (Å²) >= 11 is 0. The highest BCUT2D eigenvalue weighted by Crippen LogP contribution is 2.37. The Morgan fingerprint density at radius 1 is 1.29 bits per heavy atom. The normalized spacial score (nSPS) is 27.7. The van der Waals surface area contributed by atoms with Gasteiger partial charge in [0.15, 0.2) is 15.6 Å². The molecule has 0 aromatic carbocycles. The van der Waals surface area contributed by atoms with E-state index in [9.17, 15) is 13.2 Å². The van der Waals surface area contributed by atoms with Gasteiger partial charge in [-0.3, -0.25) is 4.79 Å². The number of rotatable bonds is 5. The molecule has 3 nitrogen and oxygen atoms in total. The van der Waals surface area contributed by atoms with Gasteiger partial charge in [0.05, 0.1) is 0 Å². The van der Waals surface area contributed by atoms with E-state index in [0.29, 0.717) is 11.8 Å². The first kappa shape index (κ1) is 14.7. The van der Waals surface area contributed by atoms with Crippen LogP contribution in [0.2, 0.25) is 0 Å². The van der Waals surface area contributed by atoms with Crippen LogP contribution >= 0.6 is 0 Å². The van der Waals surface area contributed by atoms with Crippen molar-refractivity contribution >= 4 is 15.6 Å². The molecular weight excluding hydrogens is 236 g/mol. The van der Waals surface area contributed by atoms with Crippen LogP contribution in [-0.2, 0) is 14.6 Å². The second-order valence-electron chi connectivity index (χ2n) is 5.48. The highest BCUT2D eigenvalue weighted by Gasteiger charge is 2.34. The van der Waals surface area contributed by atoms with E-state index < -0.39 is 9.84 Å². The molecule has 3 atom stereocenters. The van der Waals surface area contributed by atoms with E-state index in [1.807, 2.05) is 0 Å². The lowest BCUT2D eigenvalue weighted by Crippen LogP contribution is -2.34. The van der Waals surface area contributed by atoms with Gasteiger partial charge in [0.1, 0.15) is 5.75 Å². The zero-order chi connectivity index (χ0) is 13.1. The van der Waals surface area contributed by atoms with Crippen LogP contribution in [0.1, 0.15) is 46.0 Å². The third-order valence-electron chi connectivity index (χ3n) is 4.01. The van der Waals surface area contributed by atoms with Crippen molar-refractivity contribution in [1.82, 2.24) is 0 Å². The van der Waals surface area contributed by atoms with E-state index >= 15 is 0 Å². The van der Waals surface area contributed by atoms with Gasteiger partial charge in [-0.2, -0.15) is 0 Å². The molecule has 0 saturated heterocycles. The minimum atomic E-state index is -3.18. The van der Waals surface area contributed by atoms with Crippen molar-refractivity contribution in [2.45, 2.75) is 46.0 Å². The summed E-state index contributed by atoms with van der Waals surface area (Å²) in [4.78, 5) is 12.1. The average Bonchev–Trinajstić information content (AvgIpc) is 2.25. The van der Waals surface area contributed by atoms with Gasteiger partial charge in [-0.15, -0.1) is 0 Å². The van der Waals surface area contributed by atoms with Crippen molar-refractivity contribution in [1.29, 1.82) is 0 Å². The lowest BCUT2D eigenvalue weighted by Gasteiger charge is -2.34. The quantitative estimate of drug-likeness (QED) is 0.763. The second kappa shape index (κ2) is 5.98. The fourth-order valence-electron chi connectivity index (χ4n) is 2.91. The first-order valence-electron chi connectivity index (χ1n) is 6.55. The van der Waals surface area contributed by atoms with Crippen LogP contribution in [0, 0.1) is 17.8 Å². The van der Waals surface area contributed by atoms with Crippen molar-refractivity contribution < 1.29 is 13.2 Å². The Balaban J connectivity index is 2.74. The molecule has 0 heterocycles. The predicted molar refractivity (Wildman–Crippen MR) is 69.6 cm³/mol. The van der Waals surface area contributed by atoms with Gasteiger partial charge in [-0.1, -0.05) is 33.1 Å². The van der Waals surface area contributed by atoms with Gasteiger partial charge in [0.25, 0.3) is 0 Å². The molecule has 4 heteroatoms. The van der Waals surface area contributed by atoms with Crippen LogP contribution in [0.5, 0.6) is 0 Å². The first-order valence-corrected chi connectivity index (χ1v) is 8.61. The smallest absolute Gasteiger partial charge is 0.154 e. The van der Waals surface area contributed by atoms with Crippen LogP contribution < -0.4 is 0 Å². The van der Waals surface area contributed by atoms with E-state index in [0.717, 1.165) is 31.9 Å². The van der Waals surface area contributed by atoms with Gasteiger partial charge >= 0.3 is 0 Å². The van der Waals surface area contributed by atoms with Crippen molar-refractivity contribution in [2.24, 2.45) is 17.8 Å². The minimum absolute atomic E-state index is 0.0200. The fraction of sp³-hybridized carbons (Fsp3) is 0.923. The van der Waals surface area contributed by atoms with Gasteiger partial charge in [0, 0.05) is 12.2 Å². The van der Waals surface area contributed by atoms with Crippen molar-refractivity contribution in [3.8, 4) is 0 Å². The standard InChI is InChI=1S/C13H24O3S/c1-4-10(2)11-7-5-6-8-12(11)13(14)9-17(3,15)16/h10-12H,4-9H2,1-3H3. The Hall–Kier alpha value is -0.380. The molecular formula is C13H24O3S. The summed E-state index contributed by atoms with van der Waals surface area (Å²) in [6.07, 6.45) is 6.41. The summed E-state index contributed by atoms with van der Waals surface area (Å²) in [5.41, 5.74) is 0. The lowest BCUT2D eigenvalue weighted by molar-refractivity contribution is -0.123. The SMILES string of the molecule is CCC(C)C1CCCCC1C(=O)CS(C)(=O)=O. The summed E-state index contributed by atoms with van der Waals surface area (Å²) in [6.45, 7) is 4.31. The number of Topliss-reactive ketones (excluding diaryl/α,β-unsaturated/α-hetero) is 1. The summed E-state index contributed by atoms with van der Waals surface area (Å²) in [6, 6.07) is 0. The molecule has 17 heavy (non-hydrogen) atoms. The highest BCUT2D eigenvalue weighted by atomic mass is 32.2. The maximum atomic E-state index is 12.1. The van der Waals surface area contributed by atoms with Gasteiger partial charge in [-0.05, 0) is 24.7 Å². The third-order valence-corrected chi connectivity index (χ3v) is 4.82. The Kier molecular flexibility index (Phi) is 5.17. The molecule has 0 aromatic rings. The van der Waals surface area contributed by atoms with Crippen molar-refractivity contribution in [3.63, 3.8) is 0 Å². The van der Waals surface area contributed by atoms with E-state index in [4.69, 9.17) is 0 Å². The fourth-order valence-corrected chi connectivity index (χ4v) is 3.64. The van der Waals surface area contributed by atoms with Gasteiger partial charge in [-0.25, -0.2) is 8.42 Å². The maximum absolute atomic E-state index is 12.1. The highest BCUT2D eigenvalue weighted by molar-refractivity contribution is 7.91. The van der Waals surface area contributed by atoms with Gasteiger partial charge < -0.3 is 0 Å². The lowest BCUT2D eigenvalue weighted by atomic mass is 9.71. The molecule has 1 aliphatic rings. The van der Waals surface area contributed by atoms with E-state index in [-0.39, 0.29) is 17.5 Å². The second-order valence-corrected chi connectivity index (χ2v) is 7.62. The molecule has 0 spiro atoms. The predicted octanol–water partition coefficient (Wildman–Crippen LogP) is 2.45. The van der Waals surface area contributed by atoms with E-state index in [1.54, 1.807) is 0 Å². The molecule has 0 radical (unpaired) electrons. The summed E-state index contributed by atoms with van der Waals surface area (Å²) < 4.78 is 22.4. The van der Waals surface area contributed by atoms with Crippen molar-refractivity contribution in [3.05, 3.63) is 0 Å². The number of carbonyl (C=O) groups excluding carboxylic acids is 1. The molecule has 1 saturated carbocycles. The molecule has 1 fully saturated rings. The van der Waals surface area contributed by atoms with Crippen molar-refractivity contribution in [2.75, 3.05) is 12.0 Å². The molecule has 0 aromatic heterocycles. The van der Waals surface area contributed by atoms with Crippen LogP contribution in [0.4, 0.5) is 0 Å². The molecule has 3 unspecified atom stereocenters. The molecule has 1 rings (SSSR count). The van der Waals surface area contributed by atoms with Crippen LogP contribution in [0.3, 0.4) is 0 Å². The third kappa shape index (κ3) is 4.41. The molecule has 0 amide bonds. The molecule has 100 valence electrons. The topological polar surface area (TPSA) is 51.2 Å². The maximum Gasteiger partial charge on any atom is 0.154 e. The minimum Gasteiger partial charge on any atom is -0.298 e. The van der Waals surface area contributed by atoms with E-state index in [2.05, 4.69) is 13.8 Å². The Morgan fingerprint density at radius 3 is 2.41 bits per heavy atom. The largest absolute Gasteiger partial charge is 0.298 e. The van der Waals surface area contributed by atoms with Crippen LogP contribution in [0.15, 0.2) is 0 Å². The summed E-state index contributed by atoms with van der Waals surface area (Å²) in [5, 5.41) is 0. The van der Waals surface area contributed by atoms with Gasteiger partial charge in [0.2, 0.25) is 0 Å². The Labute approximate surface area is 105 Å². The number of carbonyl (C=O) groups is 1. The number of ketones is 1. The monoisotopic (exact) mass is 260 g/mol. The Morgan fingerprint density at radius 2 is 1.88 bits per heavy atom. The molecule has 0 bridgehead atoms. The average molecular weight is 260 g/mol. The van der Waals surface area contributed by atoms with Crippen LogP contribution in [-0.4, -0.2) is 26.2 Å². The number of hydrogen-bond acceptors (Lipinski definition) is 3. The van der Waals surface area contributed by atoms with Crippen LogP contribution in [0.25, 0.3) is 0 Å². The summed E-state index contributed by atoms with van der Waals surface area (Å²) in [5.74, 6) is 0.558. The molecule has 0 N–H and O–H groups in total. The Bertz CT molecular complexity index is 359. The van der Waals surface area contributed by atoms with E-state index in [1.165, 1.54) is 6.42 Å². The number of hydrogen-bond donors (Lipinski definition) is 0. The first-order chi connectivity index (χ1) is 7.85.